The maximum Gasteiger partial charge on any atom is 0.260 e. The number of likely N-dealkylation sites (tertiary alicyclic amines) is 1. The maximum atomic E-state index is 12.2. The Labute approximate surface area is 144 Å². The number of hydrogen-bond donors (Lipinski definition) is 0. The SMILES string of the molecule is C=CCOCC1CCN(C(=O)COc2ccc(OCC)cc2)CC1. The van der Waals surface area contributed by atoms with E-state index in [1.54, 1.807) is 6.08 Å². The minimum Gasteiger partial charge on any atom is -0.494 e. The fraction of sp³-hybridized carbons (Fsp3) is 0.526. The van der Waals surface area contributed by atoms with Gasteiger partial charge in [-0.2, -0.15) is 0 Å². The highest BCUT2D eigenvalue weighted by Gasteiger charge is 2.23. The summed E-state index contributed by atoms with van der Waals surface area (Å²) in [4.78, 5) is 14.1. The zero-order chi connectivity index (χ0) is 17.2. The van der Waals surface area contributed by atoms with Gasteiger partial charge in [0.2, 0.25) is 0 Å². The highest BCUT2D eigenvalue weighted by atomic mass is 16.5. The number of piperidine rings is 1. The number of hydrogen-bond acceptors (Lipinski definition) is 4. The Bertz CT molecular complexity index is 507. The molecule has 0 aliphatic carbocycles. The summed E-state index contributed by atoms with van der Waals surface area (Å²) in [6.45, 7) is 9.17. The van der Waals surface area contributed by atoms with Gasteiger partial charge in [-0.05, 0) is 49.9 Å². The molecule has 1 aliphatic heterocycles. The third kappa shape index (κ3) is 5.89. The first-order valence-corrected chi connectivity index (χ1v) is 8.55. The van der Waals surface area contributed by atoms with Crippen molar-refractivity contribution in [3.8, 4) is 11.5 Å². The van der Waals surface area contributed by atoms with Crippen molar-refractivity contribution in [1.82, 2.24) is 4.90 Å². The van der Waals surface area contributed by atoms with Crippen LogP contribution in [0.5, 0.6) is 11.5 Å². The molecule has 1 amide bonds. The molecule has 0 radical (unpaired) electrons. The van der Waals surface area contributed by atoms with Gasteiger partial charge in [0.25, 0.3) is 5.91 Å². The number of nitrogens with zero attached hydrogens (tertiary/aromatic N) is 1. The summed E-state index contributed by atoms with van der Waals surface area (Å²) in [5.74, 6) is 2.05. The molecule has 1 aromatic rings. The van der Waals surface area contributed by atoms with E-state index in [-0.39, 0.29) is 12.5 Å². The number of rotatable bonds is 9. The van der Waals surface area contributed by atoms with Gasteiger partial charge in [-0.1, -0.05) is 6.08 Å². The molecule has 0 bridgehead atoms. The van der Waals surface area contributed by atoms with Crippen molar-refractivity contribution in [3.05, 3.63) is 36.9 Å². The lowest BCUT2D eigenvalue weighted by Crippen LogP contribution is -2.41. The fourth-order valence-electron chi connectivity index (χ4n) is 2.70. The predicted octanol–water partition coefficient (Wildman–Crippen LogP) is 2.91. The molecule has 5 heteroatoms. The lowest BCUT2D eigenvalue weighted by molar-refractivity contribution is -0.135. The van der Waals surface area contributed by atoms with Crippen LogP contribution in [-0.4, -0.2) is 50.3 Å². The van der Waals surface area contributed by atoms with Crippen molar-refractivity contribution in [2.75, 3.05) is 39.5 Å². The molecule has 1 saturated heterocycles. The van der Waals surface area contributed by atoms with Crippen LogP contribution in [0.1, 0.15) is 19.8 Å². The summed E-state index contributed by atoms with van der Waals surface area (Å²) in [6.07, 6.45) is 3.72. The van der Waals surface area contributed by atoms with Crippen LogP contribution in [0, 0.1) is 5.92 Å². The van der Waals surface area contributed by atoms with Gasteiger partial charge in [0, 0.05) is 19.7 Å². The van der Waals surface area contributed by atoms with Crippen molar-refractivity contribution in [3.63, 3.8) is 0 Å². The number of carbonyl (C=O) groups is 1. The third-order valence-corrected chi connectivity index (χ3v) is 4.05. The number of amides is 1. The van der Waals surface area contributed by atoms with Crippen molar-refractivity contribution in [1.29, 1.82) is 0 Å². The van der Waals surface area contributed by atoms with E-state index in [0.29, 0.717) is 24.9 Å². The number of benzene rings is 1. The van der Waals surface area contributed by atoms with E-state index in [1.165, 1.54) is 0 Å². The topological polar surface area (TPSA) is 48.0 Å². The van der Waals surface area contributed by atoms with E-state index in [1.807, 2.05) is 36.1 Å². The average molecular weight is 333 g/mol. The highest BCUT2D eigenvalue weighted by Crippen LogP contribution is 2.19. The first-order chi connectivity index (χ1) is 11.7. The molecule has 1 aromatic carbocycles. The zero-order valence-corrected chi connectivity index (χ0v) is 14.4. The molecule has 0 atom stereocenters. The Morgan fingerprint density at radius 3 is 2.42 bits per heavy atom. The summed E-state index contributed by atoms with van der Waals surface area (Å²) in [6, 6.07) is 7.33. The molecule has 1 fully saturated rings. The van der Waals surface area contributed by atoms with Gasteiger partial charge in [0.1, 0.15) is 11.5 Å². The van der Waals surface area contributed by atoms with E-state index in [9.17, 15) is 4.79 Å². The largest absolute Gasteiger partial charge is 0.494 e. The quantitative estimate of drug-likeness (QED) is 0.515. The molecule has 1 aliphatic rings. The summed E-state index contributed by atoms with van der Waals surface area (Å²) in [5.41, 5.74) is 0. The van der Waals surface area contributed by atoms with E-state index in [4.69, 9.17) is 14.2 Å². The fourth-order valence-corrected chi connectivity index (χ4v) is 2.70. The van der Waals surface area contributed by atoms with Gasteiger partial charge in [-0.25, -0.2) is 0 Å². The van der Waals surface area contributed by atoms with Gasteiger partial charge in [0.05, 0.1) is 13.2 Å². The molecule has 24 heavy (non-hydrogen) atoms. The van der Waals surface area contributed by atoms with Gasteiger partial charge < -0.3 is 19.1 Å². The van der Waals surface area contributed by atoms with Gasteiger partial charge in [-0.3, -0.25) is 4.79 Å². The Morgan fingerprint density at radius 1 is 1.21 bits per heavy atom. The molecule has 2 rings (SSSR count). The second kappa shape index (κ2) is 9.98. The van der Waals surface area contributed by atoms with Crippen LogP contribution in [-0.2, 0) is 9.53 Å². The van der Waals surface area contributed by atoms with E-state index in [0.717, 1.165) is 38.3 Å². The van der Waals surface area contributed by atoms with Crippen LogP contribution in [0.2, 0.25) is 0 Å². The van der Waals surface area contributed by atoms with Gasteiger partial charge in [-0.15, -0.1) is 6.58 Å². The minimum atomic E-state index is 0.0364. The maximum absolute atomic E-state index is 12.2. The van der Waals surface area contributed by atoms with Crippen LogP contribution >= 0.6 is 0 Å². The molecule has 0 N–H and O–H groups in total. The molecule has 0 unspecified atom stereocenters. The first kappa shape index (κ1) is 18.3. The third-order valence-electron chi connectivity index (χ3n) is 4.05. The van der Waals surface area contributed by atoms with Crippen molar-refractivity contribution >= 4 is 5.91 Å². The zero-order valence-electron chi connectivity index (χ0n) is 14.4. The van der Waals surface area contributed by atoms with Crippen LogP contribution < -0.4 is 9.47 Å². The van der Waals surface area contributed by atoms with E-state index in [2.05, 4.69) is 6.58 Å². The van der Waals surface area contributed by atoms with Crippen LogP contribution in [0.25, 0.3) is 0 Å². The van der Waals surface area contributed by atoms with E-state index < -0.39 is 0 Å². The summed E-state index contributed by atoms with van der Waals surface area (Å²) in [5, 5.41) is 0. The molecule has 0 aromatic heterocycles. The smallest absolute Gasteiger partial charge is 0.260 e. The van der Waals surface area contributed by atoms with Crippen LogP contribution in [0.3, 0.4) is 0 Å². The van der Waals surface area contributed by atoms with Crippen LogP contribution in [0.15, 0.2) is 36.9 Å². The molecule has 1 heterocycles. The highest BCUT2D eigenvalue weighted by molar-refractivity contribution is 5.77. The van der Waals surface area contributed by atoms with Gasteiger partial charge in [0.15, 0.2) is 6.61 Å². The van der Waals surface area contributed by atoms with E-state index >= 15 is 0 Å². The average Bonchev–Trinajstić information content (AvgIpc) is 2.62. The standard InChI is InChI=1S/C19H27NO4/c1-3-13-22-14-16-9-11-20(12-10-16)19(21)15-24-18-7-5-17(6-8-18)23-4-2/h3,5-8,16H,1,4,9-15H2,2H3. The molecule has 0 saturated carbocycles. The molecule has 132 valence electrons. The number of carbonyl (C=O) groups excluding carboxylic acids is 1. The molecular weight excluding hydrogens is 306 g/mol. The molecule has 5 nitrogen and oxygen atoms in total. The predicted molar refractivity (Wildman–Crippen MR) is 93.4 cm³/mol. The summed E-state index contributed by atoms with van der Waals surface area (Å²) < 4.78 is 16.5. The molecular formula is C19H27NO4. The first-order valence-electron chi connectivity index (χ1n) is 8.55. The second-order valence-corrected chi connectivity index (χ2v) is 5.84. The lowest BCUT2D eigenvalue weighted by atomic mass is 9.98. The van der Waals surface area contributed by atoms with Gasteiger partial charge >= 0.3 is 0 Å². The monoisotopic (exact) mass is 333 g/mol. The number of ether oxygens (including phenoxy) is 3. The minimum absolute atomic E-state index is 0.0364. The second-order valence-electron chi connectivity index (χ2n) is 5.84. The van der Waals surface area contributed by atoms with Crippen LogP contribution in [0.4, 0.5) is 0 Å². The summed E-state index contributed by atoms with van der Waals surface area (Å²) >= 11 is 0. The Balaban J connectivity index is 1.68. The Hall–Kier alpha value is -2.01. The Morgan fingerprint density at radius 2 is 1.83 bits per heavy atom. The molecule has 0 spiro atoms. The van der Waals surface area contributed by atoms with Crippen molar-refractivity contribution < 1.29 is 19.0 Å². The normalized spacial score (nSPS) is 15.1. The Kier molecular flexibility index (Phi) is 7.62. The van der Waals surface area contributed by atoms with Crippen molar-refractivity contribution in [2.24, 2.45) is 5.92 Å². The lowest BCUT2D eigenvalue weighted by Gasteiger charge is -2.31. The van der Waals surface area contributed by atoms with Crippen molar-refractivity contribution in [2.45, 2.75) is 19.8 Å². The summed E-state index contributed by atoms with van der Waals surface area (Å²) in [7, 11) is 0.